The Hall–Kier alpha value is 0. The van der Waals surface area contributed by atoms with Crippen LogP contribution in [-0.2, 0) is 0 Å². The van der Waals surface area contributed by atoms with E-state index in [1.54, 1.807) is 0 Å². The minimum atomic E-state index is 0.555. The van der Waals surface area contributed by atoms with Gasteiger partial charge >= 0.3 is 0 Å². The second-order valence-corrected chi connectivity index (χ2v) is 5.08. The monoisotopic (exact) mass is 140 g/mol. The second-order valence-electron chi connectivity index (χ2n) is 5.08. The molecule has 0 unspecified atom stereocenters. The molecule has 0 nitrogen and oxygen atoms in total. The largest absolute Gasteiger partial charge is 0.0622 e. The smallest absolute Gasteiger partial charge is 0.0380 e. The first kappa shape index (κ1) is 8.10. The van der Waals surface area contributed by atoms with Crippen molar-refractivity contribution in [3.8, 4) is 0 Å². The summed E-state index contributed by atoms with van der Waals surface area (Å²) < 4.78 is 0. The molecule has 0 heterocycles. The maximum absolute atomic E-state index is 2.39. The number of hydrogen-bond acceptors (Lipinski definition) is 0. The van der Waals surface area contributed by atoms with E-state index in [2.05, 4.69) is 27.7 Å². The van der Waals surface area contributed by atoms with E-state index in [4.69, 9.17) is 0 Å². The van der Waals surface area contributed by atoms with Crippen LogP contribution in [0, 0.1) is 17.3 Å². The summed E-state index contributed by atoms with van der Waals surface area (Å²) in [4.78, 5) is 0. The van der Waals surface area contributed by atoms with Crippen LogP contribution in [-0.4, -0.2) is 0 Å². The maximum Gasteiger partial charge on any atom is -0.0380 e. The molecule has 1 saturated carbocycles. The van der Waals surface area contributed by atoms with Gasteiger partial charge in [-0.2, -0.15) is 0 Å². The van der Waals surface area contributed by atoms with Crippen LogP contribution < -0.4 is 0 Å². The third-order valence-electron chi connectivity index (χ3n) is 2.67. The van der Waals surface area contributed by atoms with E-state index in [1.165, 1.54) is 19.3 Å². The Morgan fingerprint density at radius 1 is 1.20 bits per heavy atom. The Bertz CT molecular complexity index is 108. The van der Waals surface area contributed by atoms with E-state index in [-0.39, 0.29) is 0 Å². The molecule has 0 amide bonds. The van der Waals surface area contributed by atoms with E-state index in [0.717, 1.165) is 11.8 Å². The molecule has 10 heavy (non-hydrogen) atoms. The van der Waals surface area contributed by atoms with Crippen molar-refractivity contribution >= 4 is 0 Å². The summed E-state index contributed by atoms with van der Waals surface area (Å²) in [6.45, 7) is 9.42. The van der Waals surface area contributed by atoms with Crippen LogP contribution in [0.3, 0.4) is 0 Å². The molecular weight excluding hydrogens is 120 g/mol. The molecule has 0 bridgehead atoms. The highest BCUT2D eigenvalue weighted by molar-refractivity contribution is 4.81. The van der Waals surface area contributed by atoms with E-state index in [0.29, 0.717) is 5.41 Å². The summed E-state index contributed by atoms with van der Waals surface area (Å²) >= 11 is 0. The lowest BCUT2D eigenvalue weighted by atomic mass is 9.68. The van der Waals surface area contributed by atoms with Crippen molar-refractivity contribution in [2.45, 2.75) is 47.0 Å². The average Bonchev–Trinajstić information content (AvgIpc) is 1.78. The first-order valence-corrected chi connectivity index (χ1v) is 4.49. The molecule has 0 saturated heterocycles. The van der Waals surface area contributed by atoms with Crippen LogP contribution in [0.2, 0.25) is 0 Å². The number of rotatable bonds is 1. The van der Waals surface area contributed by atoms with Crippen molar-refractivity contribution in [3.05, 3.63) is 0 Å². The molecular formula is C10H20. The quantitative estimate of drug-likeness (QED) is 0.523. The lowest BCUT2D eigenvalue weighted by Gasteiger charge is -2.38. The molecule has 2 atom stereocenters. The van der Waals surface area contributed by atoms with Crippen LogP contribution >= 0.6 is 0 Å². The number of hydrogen-bond donors (Lipinski definition) is 0. The van der Waals surface area contributed by atoms with Gasteiger partial charge in [0.15, 0.2) is 0 Å². The van der Waals surface area contributed by atoms with Crippen molar-refractivity contribution in [1.82, 2.24) is 0 Å². The first-order valence-electron chi connectivity index (χ1n) is 4.49. The zero-order chi connectivity index (χ0) is 7.78. The van der Waals surface area contributed by atoms with Crippen molar-refractivity contribution < 1.29 is 0 Å². The van der Waals surface area contributed by atoms with Crippen molar-refractivity contribution in [1.29, 1.82) is 0 Å². The van der Waals surface area contributed by atoms with Gasteiger partial charge in [0, 0.05) is 0 Å². The van der Waals surface area contributed by atoms with Gasteiger partial charge in [-0.15, -0.1) is 0 Å². The first-order chi connectivity index (χ1) is 4.49. The molecule has 1 aliphatic rings. The zero-order valence-electron chi connectivity index (χ0n) is 7.78. The molecule has 0 aromatic rings. The predicted octanol–water partition coefficient (Wildman–Crippen LogP) is 3.47. The fraction of sp³-hybridized carbons (Fsp3) is 1.00. The normalized spacial score (nSPS) is 33.6. The summed E-state index contributed by atoms with van der Waals surface area (Å²) in [5.41, 5.74) is 0.555. The Morgan fingerprint density at radius 3 is 1.90 bits per heavy atom. The minimum Gasteiger partial charge on any atom is -0.0622 e. The van der Waals surface area contributed by atoms with Crippen LogP contribution in [0.15, 0.2) is 0 Å². The Labute approximate surface area is 65.0 Å². The predicted molar refractivity (Wildman–Crippen MR) is 46.0 cm³/mol. The molecule has 1 fully saturated rings. The highest BCUT2D eigenvalue weighted by Crippen LogP contribution is 2.41. The topological polar surface area (TPSA) is 0 Å². The van der Waals surface area contributed by atoms with E-state index in [9.17, 15) is 0 Å². The fourth-order valence-corrected chi connectivity index (χ4v) is 1.83. The lowest BCUT2D eigenvalue weighted by Crippen LogP contribution is -2.27. The van der Waals surface area contributed by atoms with E-state index < -0.39 is 0 Å². The van der Waals surface area contributed by atoms with Crippen LogP contribution in [0.1, 0.15) is 47.0 Å². The molecule has 60 valence electrons. The van der Waals surface area contributed by atoms with E-state index >= 15 is 0 Å². The SMILES string of the molecule is C[C@@H]1CC[C@H]1CC(C)(C)C. The van der Waals surface area contributed by atoms with Gasteiger partial charge in [-0.25, -0.2) is 0 Å². The van der Waals surface area contributed by atoms with Gasteiger partial charge in [0.2, 0.25) is 0 Å². The highest BCUT2D eigenvalue weighted by Gasteiger charge is 2.29. The molecule has 0 aromatic carbocycles. The zero-order valence-corrected chi connectivity index (χ0v) is 7.78. The van der Waals surface area contributed by atoms with Gasteiger partial charge < -0.3 is 0 Å². The van der Waals surface area contributed by atoms with Crippen molar-refractivity contribution in [3.63, 3.8) is 0 Å². The van der Waals surface area contributed by atoms with Crippen molar-refractivity contribution in [2.24, 2.45) is 17.3 Å². The van der Waals surface area contributed by atoms with Gasteiger partial charge in [-0.1, -0.05) is 34.1 Å². The van der Waals surface area contributed by atoms with Crippen LogP contribution in [0.4, 0.5) is 0 Å². The molecule has 1 rings (SSSR count). The summed E-state index contributed by atoms with van der Waals surface area (Å²) in [6, 6.07) is 0. The average molecular weight is 140 g/mol. The highest BCUT2D eigenvalue weighted by atomic mass is 14.4. The maximum atomic E-state index is 2.39. The summed E-state index contributed by atoms with van der Waals surface area (Å²) in [5.74, 6) is 2.05. The van der Waals surface area contributed by atoms with Crippen molar-refractivity contribution in [2.75, 3.05) is 0 Å². The summed E-state index contributed by atoms with van der Waals surface area (Å²) in [5, 5.41) is 0. The minimum absolute atomic E-state index is 0.555. The van der Waals surface area contributed by atoms with Crippen LogP contribution in [0.5, 0.6) is 0 Å². The third kappa shape index (κ3) is 2.00. The van der Waals surface area contributed by atoms with Gasteiger partial charge in [-0.05, 0) is 30.1 Å². The van der Waals surface area contributed by atoms with Gasteiger partial charge in [-0.3, -0.25) is 0 Å². The van der Waals surface area contributed by atoms with Gasteiger partial charge in [0.1, 0.15) is 0 Å². The fourth-order valence-electron chi connectivity index (χ4n) is 1.83. The molecule has 0 radical (unpaired) electrons. The second kappa shape index (κ2) is 2.56. The Kier molecular flexibility index (Phi) is 2.07. The third-order valence-corrected chi connectivity index (χ3v) is 2.67. The van der Waals surface area contributed by atoms with Crippen LogP contribution in [0.25, 0.3) is 0 Å². The van der Waals surface area contributed by atoms with E-state index in [1.807, 2.05) is 0 Å². The molecule has 1 aliphatic carbocycles. The molecule has 0 aliphatic heterocycles. The Balaban J connectivity index is 2.26. The van der Waals surface area contributed by atoms with Gasteiger partial charge in [0.25, 0.3) is 0 Å². The molecule has 0 heteroatoms. The molecule has 0 aromatic heterocycles. The summed E-state index contributed by atoms with van der Waals surface area (Å²) in [7, 11) is 0. The van der Waals surface area contributed by atoms with Gasteiger partial charge in [0.05, 0.1) is 0 Å². The molecule has 0 N–H and O–H groups in total. The molecule has 0 spiro atoms. The lowest BCUT2D eigenvalue weighted by molar-refractivity contribution is 0.132. The summed E-state index contributed by atoms with van der Waals surface area (Å²) in [6.07, 6.45) is 4.38. The standard InChI is InChI=1S/C10H20/c1-8-5-6-9(8)7-10(2,3)4/h8-9H,5-7H2,1-4H3/t8-,9+/m1/s1. The Morgan fingerprint density at radius 2 is 1.80 bits per heavy atom.